The van der Waals surface area contributed by atoms with Crippen molar-refractivity contribution in [2.24, 2.45) is 0 Å². The molecular weight excluding hydrogens is 230 g/mol. The van der Waals surface area contributed by atoms with E-state index in [4.69, 9.17) is 0 Å². The van der Waals surface area contributed by atoms with Crippen molar-refractivity contribution >= 4 is 16.0 Å². The quantitative estimate of drug-likeness (QED) is 0.684. The third-order valence-electron chi connectivity index (χ3n) is 2.12. The van der Waals surface area contributed by atoms with Crippen molar-refractivity contribution in [3.05, 3.63) is 0 Å². The van der Waals surface area contributed by atoms with Gasteiger partial charge < -0.3 is 4.74 Å². The normalized spacial score (nSPS) is 12.9. The van der Waals surface area contributed by atoms with Crippen LogP contribution < -0.4 is 0 Å². The minimum absolute atomic E-state index is 0.218. The van der Waals surface area contributed by atoms with Gasteiger partial charge in [0, 0.05) is 6.54 Å². The Morgan fingerprint density at radius 3 is 2.12 bits per heavy atom. The molecule has 0 fully saturated rings. The van der Waals surface area contributed by atoms with Crippen LogP contribution in [-0.2, 0) is 19.6 Å². The second kappa shape index (κ2) is 5.63. The molecule has 5 nitrogen and oxygen atoms in total. The third kappa shape index (κ3) is 3.75. The number of hydrogen-bond donors (Lipinski definition) is 0. The Kier molecular flexibility index (Phi) is 5.41. The first-order valence-electron chi connectivity index (χ1n) is 5.23. The first kappa shape index (κ1) is 15.4. The number of hydrogen-bond acceptors (Lipinski definition) is 4. The van der Waals surface area contributed by atoms with E-state index >= 15 is 0 Å². The van der Waals surface area contributed by atoms with Gasteiger partial charge in [0.05, 0.1) is 11.9 Å². The highest BCUT2D eigenvalue weighted by Crippen LogP contribution is 2.20. The van der Waals surface area contributed by atoms with Crippen molar-refractivity contribution in [2.75, 3.05) is 20.2 Å². The van der Waals surface area contributed by atoms with Crippen LogP contribution in [0, 0.1) is 0 Å². The Balaban J connectivity index is 4.99. The first-order valence-corrected chi connectivity index (χ1v) is 6.67. The molecule has 0 bridgehead atoms. The standard InChI is InChI=1S/C10H21NO4S/c1-6-7-11(8-9(12)15-5)16(13,14)10(2,3)4/h6-8H2,1-5H3. The summed E-state index contributed by atoms with van der Waals surface area (Å²) in [4.78, 5) is 11.1. The molecule has 0 aliphatic heterocycles. The van der Waals surface area contributed by atoms with Crippen molar-refractivity contribution in [1.29, 1.82) is 0 Å². The number of esters is 1. The van der Waals surface area contributed by atoms with E-state index in [1.54, 1.807) is 20.8 Å². The summed E-state index contributed by atoms with van der Waals surface area (Å²) in [5, 5.41) is 0. The van der Waals surface area contributed by atoms with Crippen LogP contribution in [0.25, 0.3) is 0 Å². The summed E-state index contributed by atoms with van der Waals surface area (Å²) >= 11 is 0. The van der Waals surface area contributed by atoms with E-state index in [0.717, 1.165) is 0 Å². The number of carbonyl (C=O) groups is 1. The summed E-state index contributed by atoms with van der Waals surface area (Å²) in [6.45, 7) is 6.81. The van der Waals surface area contributed by atoms with Gasteiger partial charge in [0.1, 0.15) is 6.54 Å². The summed E-state index contributed by atoms with van der Waals surface area (Å²) < 4.78 is 29.0. The van der Waals surface area contributed by atoms with Crippen molar-refractivity contribution < 1.29 is 17.9 Å². The molecule has 16 heavy (non-hydrogen) atoms. The lowest BCUT2D eigenvalue weighted by molar-refractivity contribution is -0.140. The van der Waals surface area contributed by atoms with Gasteiger partial charge in [-0.25, -0.2) is 8.42 Å². The molecule has 0 aromatic rings. The summed E-state index contributed by atoms with van der Waals surface area (Å²) in [6, 6.07) is 0. The molecule has 0 aliphatic carbocycles. The molecule has 0 saturated carbocycles. The number of nitrogens with zero attached hydrogens (tertiary/aromatic N) is 1. The average Bonchev–Trinajstić information content (AvgIpc) is 2.15. The zero-order chi connectivity index (χ0) is 13.0. The maximum absolute atomic E-state index is 12.1. The van der Waals surface area contributed by atoms with E-state index in [-0.39, 0.29) is 6.54 Å². The van der Waals surface area contributed by atoms with Crippen molar-refractivity contribution in [3.8, 4) is 0 Å². The smallest absolute Gasteiger partial charge is 0.321 e. The highest BCUT2D eigenvalue weighted by Gasteiger charge is 2.35. The molecule has 0 rings (SSSR count). The Morgan fingerprint density at radius 1 is 1.31 bits per heavy atom. The maximum Gasteiger partial charge on any atom is 0.321 e. The molecule has 0 radical (unpaired) electrons. The van der Waals surface area contributed by atoms with Crippen LogP contribution in [0.3, 0.4) is 0 Å². The van der Waals surface area contributed by atoms with E-state index in [1.165, 1.54) is 11.4 Å². The number of carbonyl (C=O) groups excluding carboxylic acids is 1. The molecule has 0 heterocycles. The molecule has 0 N–H and O–H groups in total. The first-order chi connectivity index (χ1) is 7.16. The number of methoxy groups -OCH3 is 1. The van der Waals surface area contributed by atoms with Crippen molar-refractivity contribution in [1.82, 2.24) is 4.31 Å². The van der Waals surface area contributed by atoms with Crippen LogP contribution in [0.15, 0.2) is 0 Å². The van der Waals surface area contributed by atoms with E-state index in [9.17, 15) is 13.2 Å². The largest absolute Gasteiger partial charge is 0.468 e. The monoisotopic (exact) mass is 251 g/mol. The summed E-state index contributed by atoms with van der Waals surface area (Å²) in [5.41, 5.74) is 0. The number of sulfonamides is 1. The van der Waals surface area contributed by atoms with Crippen LogP contribution in [-0.4, -0.2) is 43.6 Å². The molecule has 0 amide bonds. The van der Waals surface area contributed by atoms with E-state index in [2.05, 4.69) is 4.74 Å². The van der Waals surface area contributed by atoms with Crippen LogP contribution in [0.4, 0.5) is 0 Å². The highest BCUT2D eigenvalue weighted by atomic mass is 32.2. The molecule has 96 valence electrons. The predicted octanol–water partition coefficient (Wildman–Crippen LogP) is 1.000. The zero-order valence-corrected chi connectivity index (χ0v) is 11.4. The topological polar surface area (TPSA) is 63.7 Å². The maximum atomic E-state index is 12.1. The summed E-state index contributed by atoms with van der Waals surface area (Å²) in [7, 11) is -2.23. The third-order valence-corrected chi connectivity index (χ3v) is 4.66. The Hall–Kier alpha value is -0.620. The zero-order valence-electron chi connectivity index (χ0n) is 10.6. The fraction of sp³-hybridized carbons (Fsp3) is 0.900. The van der Waals surface area contributed by atoms with Gasteiger partial charge >= 0.3 is 5.97 Å². The highest BCUT2D eigenvalue weighted by molar-refractivity contribution is 7.90. The van der Waals surface area contributed by atoms with Gasteiger partial charge in [-0.1, -0.05) is 6.92 Å². The molecular formula is C10H21NO4S. The fourth-order valence-electron chi connectivity index (χ4n) is 1.13. The van der Waals surface area contributed by atoms with E-state index < -0.39 is 20.7 Å². The van der Waals surface area contributed by atoms with Crippen molar-refractivity contribution in [3.63, 3.8) is 0 Å². The Morgan fingerprint density at radius 2 is 1.81 bits per heavy atom. The van der Waals surface area contributed by atoms with Gasteiger partial charge in [0.2, 0.25) is 10.0 Å². The van der Waals surface area contributed by atoms with Gasteiger partial charge in [-0.15, -0.1) is 0 Å². The fourth-order valence-corrected chi connectivity index (χ4v) is 2.60. The Labute approximate surface area is 97.8 Å². The minimum atomic E-state index is -3.47. The van der Waals surface area contributed by atoms with Crippen LogP contribution in [0.1, 0.15) is 34.1 Å². The number of rotatable bonds is 5. The lowest BCUT2D eigenvalue weighted by atomic mass is 10.3. The van der Waals surface area contributed by atoms with Gasteiger partial charge in [-0.2, -0.15) is 4.31 Å². The van der Waals surface area contributed by atoms with Gasteiger partial charge in [0.15, 0.2) is 0 Å². The second-order valence-electron chi connectivity index (χ2n) is 4.53. The lowest BCUT2D eigenvalue weighted by Crippen LogP contribution is -2.45. The van der Waals surface area contributed by atoms with Gasteiger partial charge in [-0.05, 0) is 27.2 Å². The average molecular weight is 251 g/mol. The van der Waals surface area contributed by atoms with E-state index in [1.807, 2.05) is 6.92 Å². The molecule has 0 aliphatic rings. The SMILES string of the molecule is CCCN(CC(=O)OC)S(=O)(=O)C(C)(C)C. The Bertz CT molecular complexity index is 329. The lowest BCUT2D eigenvalue weighted by Gasteiger charge is -2.28. The molecule has 0 unspecified atom stereocenters. The van der Waals surface area contributed by atoms with Crippen LogP contribution in [0.5, 0.6) is 0 Å². The summed E-state index contributed by atoms with van der Waals surface area (Å²) in [6.07, 6.45) is 0.659. The van der Waals surface area contributed by atoms with E-state index in [0.29, 0.717) is 13.0 Å². The molecule has 0 aromatic heterocycles. The summed E-state index contributed by atoms with van der Waals surface area (Å²) in [5.74, 6) is -0.540. The van der Waals surface area contributed by atoms with Gasteiger partial charge in [-0.3, -0.25) is 4.79 Å². The molecule has 6 heteroatoms. The van der Waals surface area contributed by atoms with Crippen LogP contribution >= 0.6 is 0 Å². The van der Waals surface area contributed by atoms with Gasteiger partial charge in [0.25, 0.3) is 0 Å². The minimum Gasteiger partial charge on any atom is -0.468 e. The predicted molar refractivity (Wildman–Crippen MR) is 62.6 cm³/mol. The van der Waals surface area contributed by atoms with Crippen LogP contribution in [0.2, 0.25) is 0 Å². The van der Waals surface area contributed by atoms with Crippen molar-refractivity contribution in [2.45, 2.75) is 38.9 Å². The molecule has 0 atom stereocenters. The second-order valence-corrected chi connectivity index (χ2v) is 7.22. The molecule has 0 aromatic carbocycles. The molecule has 0 saturated heterocycles. The number of ether oxygens (including phenoxy) is 1. The molecule has 0 spiro atoms.